The van der Waals surface area contributed by atoms with Crippen LogP contribution in [-0.2, 0) is 4.74 Å². The number of ether oxygens (including phenoxy) is 1. The quantitative estimate of drug-likeness (QED) is 0.472. The molecule has 0 aromatic heterocycles. The fourth-order valence-corrected chi connectivity index (χ4v) is 0.971. The zero-order chi connectivity index (χ0) is 4.41. The maximum atomic E-state index is 8.49. The van der Waals surface area contributed by atoms with Gasteiger partial charge < -0.3 is 9.84 Å². The van der Waals surface area contributed by atoms with Crippen LogP contribution in [0.15, 0.2) is 0 Å². The monoisotopic (exact) mass is 106 g/mol. The summed E-state index contributed by atoms with van der Waals surface area (Å²) in [5.41, 5.74) is 0. The number of aliphatic hydroxyl groups excluding tert-OH is 1. The Hall–Kier alpha value is 0.270. The molecule has 0 aromatic carbocycles. The van der Waals surface area contributed by atoms with E-state index in [1.54, 1.807) is 11.8 Å². The Bertz CT molecular complexity index is 42.1. The van der Waals surface area contributed by atoms with Crippen molar-refractivity contribution in [1.29, 1.82) is 0 Å². The van der Waals surface area contributed by atoms with Gasteiger partial charge in [0.25, 0.3) is 0 Å². The SMILES string of the molecule is OC1CSCO1. The Labute approximate surface area is 40.5 Å². The summed E-state index contributed by atoms with van der Waals surface area (Å²) >= 11 is 1.61. The molecule has 0 radical (unpaired) electrons. The first-order valence-electron chi connectivity index (χ1n) is 1.77. The van der Waals surface area contributed by atoms with Crippen molar-refractivity contribution in [2.45, 2.75) is 6.29 Å². The van der Waals surface area contributed by atoms with Crippen LogP contribution in [0.4, 0.5) is 0 Å². The van der Waals surface area contributed by atoms with Crippen LogP contribution in [0.2, 0.25) is 0 Å². The normalized spacial score (nSPS) is 34.5. The second-order valence-corrected chi connectivity index (χ2v) is 2.09. The number of thioether (sulfide) groups is 1. The van der Waals surface area contributed by atoms with Gasteiger partial charge in [-0.2, -0.15) is 0 Å². The third kappa shape index (κ3) is 0.864. The van der Waals surface area contributed by atoms with Gasteiger partial charge in [0.05, 0.1) is 5.94 Å². The van der Waals surface area contributed by atoms with Crippen LogP contribution in [0, 0.1) is 0 Å². The highest BCUT2D eigenvalue weighted by Crippen LogP contribution is 2.12. The van der Waals surface area contributed by atoms with Gasteiger partial charge in [-0.05, 0) is 0 Å². The first kappa shape index (κ1) is 4.43. The molecule has 1 rings (SSSR count). The highest BCUT2D eigenvalue weighted by Gasteiger charge is 2.09. The van der Waals surface area contributed by atoms with Gasteiger partial charge in [-0.15, -0.1) is 11.8 Å². The van der Waals surface area contributed by atoms with E-state index < -0.39 is 6.29 Å². The van der Waals surface area contributed by atoms with Crippen molar-refractivity contribution < 1.29 is 9.84 Å². The highest BCUT2D eigenvalue weighted by atomic mass is 32.2. The lowest BCUT2D eigenvalue weighted by Crippen LogP contribution is -2.04. The summed E-state index contributed by atoms with van der Waals surface area (Å²) in [6, 6.07) is 0. The Morgan fingerprint density at radius 3 is 2.83 bits per heavy atom. The number of aliphatic hydroxyl groups is 1. The van der Waals surface area contributed by atoms with Gasteiger partial charge in [0.15, 0.2) is 6.29 Å². The molecule has 1 unspecified atom stereocenters. The summed E-state index contributed by atoms with van der Waals surface area (Å²) < 4.78 is 4.67. The molecule has 2 nitrogen and oxygen atoms in total. The first-order valence-corrected chi connectivity index (χ1v) is 2.92. The third-order valence-electron chi connectivity index (χ3n) is 0.604. The van der Waals surface area contributed by atoms with Crippen molar-refractivity contribution in [3.63, 3.8) is 0 Å². The van der Waals surface area contributed by atoms with E-state index in [-0.39, 0.29) is 0 Å². The van der Waals surface area contributed by atoms with E-state index >= 15 is 0 Å². The van der Waals surface area contributed by atoms with Gasteiger partial charge >= 0.3 is 0 Å². The molecule has 1 N–H and O–H groups in total. The van der Waals surface area contributed by atoms with E-state index in [1.807, 2.05) is 0 Å². The summed E-state index contributed by atoms with van der Waals surface area (Å²) in [5, 5.41) is 8.49. The number of hydrogen-bond acceptors (Lipinski definition) is 3. The maximum absolute atomic E-state index is 8.49. The van der Waals surface area contributed by atoms with E-state index in [4.69, 9.17) is 5.11 Å². The van der Waals surface area contributed by atoms with E-state index in [1.165, 1.54) is 0 Å². The lowest BCUT2D eigenvalue weighted by molar-refractivity contribution is -0.0506. The fraction of sp³-hybridized carbons (Fsp3) is 1.00. The first-order chi connectivity index (χ1) is 2.89. The average Bonchev–Trinajstić information content (AvgIpc) is 1.86. The Morgan fingerprint density at radius 1 is 1.83 bits per heavy atom. The summed E-state index contributed by atoms with van der Waals surface area (Å²) in [7, 11) is 0. The van der Waals surface area contributed by atoms with Crippen molar-refractivity contribution >= 4 is 11.8 Å². The lowest BCUT2D eigenvalue weighted by Gasteiger charge is -1.92. The van der Waals surface area contributed by atoms with Gasteiger partial charge in [-0.1, -0.05) is 0 Å². The molecule has 1 atom stereocenters. The minimum absolute atomic E-state index is 0.491. The van der Waals surface area contributed by atoms with Crippen LogP contribution in [-0.4, -0.2) is 23.1 Å². The van der Waals surface area contributed by atoms with Crippen LogP contribution >= 0.6 is 11.8 Å². The Morgan fingerprint density at radius 2 is 2.67 bits per heavy atom. The molecule has 0 amide bonds. The predicted molar refractivity (Wildman–Crippen MR) is 24.4 cm³/mol. The molecule has 0 bridgehead atoms. The molecule has 0 spiro atoms. The van der Waals surface area contributed by atoms with Crippen LogP contribution < -0.4 is 0 Å². The predicted octanol–water partition coefficient (Wildman–Crippen LogP) is 0.0257. The number of hydrogen-bond donors (Lipinski definition) is 1. The van der Waals surface area contributed by atoms with Crippen molar-refractivity contribution in [1.82, 2.24) is 0 Å². The zero-order valence-electron chi connectivity index (χ0n) is 3.26. The van der Waals surface area contributed by atoms with E-state index in [0.29, 0.717) is 5.94 Å². The minimum atomic E-state index is -0.491. The molecule has 36 valence electrons. The van der Waals surface area contributed by atoms with E-state index in [2.05, 4.69) is 4.74 Å². The second kappa shape index (κ2) is 1.82. The fourth-order valence-electron chi connectivity index (χ4n) is 0.324. The van der Waals surface area contributed by atoms with Crippen molar-refractivity contribution in [3.8, 4) is 0 Å². The van der Waals surface area contributed by atoms with Gasteiger partial charge in [0, 0.05) is 5.75 Å². The Kier molecular flexibility index (Phi) is 1.34. The molecule has 3 heteroatoms. The summed E-state index contributed by atoms with van der Waals surface area (Å²) in [6.07, 6.45) is -0.491. The maximum Gasteiger partial charge on any atom is 0.164 e. The van der Waals surface area contributed by atoms with E-state index in [9.17, 15) is 0 Å². The molecule has 0 aliphatic carbocycles. The second-order valence-electron chi connectivity index (χ2n) is 1.11. The summed E-state index contributed by atoms with van der Waals surface area (Å²) in [4.78, 5) is 0. The molecule has 1 saturated heterocycles. The molecule has 1 fully saturated rings. The van der Waals surface area contributed by atoms with Crippen molar-refractivity contribution in [3.05, 3.63) is 0 Å². The lowest BCUT2D eigenvalue weighted by atomic mass is 10.8. The van der Waals surface area contributed by atoms with Gasteiger partial charge in [-0.3, -0.25) is 0 Å². The topological polar surface area (TPSA) is 29.5 Å². The summed E-state index contributed by atoms with van der Waals surface area (Å²) in [5.74, 6) is 1.39. The highest BCUT2D eigenvalue weighted by molar-refractivity contribution is 7.99. The van der Waals surface area contributed by atoms with Crippen LogP contribution in [0.25, 0.3) is 0 Å². The standard InChI is InChI=1S/C3H6O2S/c4-3-1-6-2-5-3/h3-4H,1-2H2. The Balaban J connectivity index is 2.18. The minimum Gasteiger partial charge on any atom is -0.367 e. The molecule has 1 heterocycles. The molecule has 1 aliphatic heterocycles. The van der Waals surface area contributed by atoms with Gasteiger partial charge in [0.1, 0.15) is 0 Å². The number of rotatable bonds is 0. The molecule has 0 saturated carbocycles. The smallest absolute Gasteiger partial charge is 0.164 e. The van der Waals surface area contributed by atoms with Gasteiger partial charge in [0.2, 0.25) is 0 Å². The zero-order valence-corrected chi connectivity index (χ0v) is 4.07. The van der Waals surface area contributed by atoms with Gasteiger partial charge in [-0.25, -0.2) is 0 Å². The summed E-state index contributed by atoms with van der Waals surface area (Å²) in [6.45, 7) is 0. The molecule has 1 aliphatic rings. The molecule has 0 aromatic rings. The average molecular weight is 106 g/mol. The van der Waals surface area contributed by atoms with Crippen LogP contribution in [0.1, 0.15) is 0 Å². The van der Waals surface area contributed by atoms with E-state index in [0.717, 1.165) is 5.75 Å². The van der Waals surface area contributed by atoms with Crippen LogP contribution in [0.5, 0.6) is 0 Å². The molecule has 6 heavy (non-hydrogen) atoms. The third-order valence-corrected chi connectivity index (χ3v) is 1.43. The van der Waals surface area contributed by atoms with Crippen LogP contribution in [0.3, 0.4) is 0 Å². The van der Waals surface area contributed by atoms with Crippen molar-refractivity contribution in [2.24, 2.45) is 0 Å². The van der Waals surface area contributed by atoms with Crippen molar-refractivity contribution in [2.75, 3.05) is 11.7 Å². The molecular weight excluding hydrogens is 100 g/mol. The molecular formula is C3H6O2S. The largest absolute Gasteiger partial charge is 0.367 e.